The number of hydrogen-bond acceptors (Lipinski definition) is 3. The summed E-state index contributed by atoms with van der Waals surface area (Å²) in [7, 11) is 4.10. The van der Waals surface area contributed by atoms with Gasteiger partial charge in [0.05, 0.1) is 19.6 Å². The third-order valence-corrected chi connectivity index (χ3v) is 5.41. The second kappa shape index (κ2) is 9.60. The van der Waals surface area contributed by atoms with Gasteiger partial charge in [-0.05, 0) is 36.8 Å². The molecule has 0 spiro atoms. The van der Waals surface area contributed by atoms with Crippen LogP contribution in [0.25, 0.3) is 0 Å². The van der Waals surface area contributed by atoms with Gasteiger partial charge in [-0.25, -0.2) is 0 Å². The predicted octanol–water partition coefficient (Wildman–Crippen LogP) is 1.98. The first-order valence-corrected chi connectivity index (χ1v) is 10.1. The minimum Gasteiger partial charge on any atom is -0.484 e. The Kier molecular flexibility index (Phi) is 6.93. The van der Waals surface area contributed by atoms with Crippen LogP contribution in [0, 0.1) is 6.92 Å². The lowest BCUT2D eigenvalue weighted by Gasteiger charge is -2.26. The van der Waals surface area contributed by atoms with E-state index in [1.165, 1.54) is 24.1 Å². The maximum Gasteiger partial charge on any atom is 0.258 e. The summed E-state index contributed by atoms with van der Waals surface area (Å²) in [4.78, 5) is 16.0. The molecule has 150 valence electrons. The van der Waals surface area contributed by atoms with Gasteiger partial charge in [0.25, 0.3) is 5.91 Å². The van der Waals surface area contributed by atoms with Crippen molar-refractivity contribution in [2.75, 3.05) is 45.2 Å². The molecule has 1 aliphatic rings. The fourth-order valence-corrected chi connectivity index (χ4v) is 3.80. The van der Waals surface area contributed by atoms with Crippen molar-refractivity contribution in [2.24, 2.45) is 0 Å². The molecule has 1 amide bonds. The van der Waals surface area contributed by atoms with E-state index >= 15 is 0 Å². The molecule has 0 radical (unpaired) electrons. The van der Waals surface area contributed by atoms with Crippen LogP contribution >= 0.6 is 0 Å². The van der Waals surface area contributed by atoms with Crippen LogP contribution < -0.4 is 19.9 Å². The van der Waals surface area contributed by atoms with E-state index in [1.807, 2.05) is 45.3 Å². The van der Waals surface area contributed by atoms with Crippen LogP contribution in [0.15, 0.2) is 48.5 Å². The number of amides is 1. The SMILES string of the molecule is Cc1cccc(OCC(=O)NC[C@H](c2ccc(N(C)C)cc2)[NH+]2CCCC2)c1. The van der Waals surface area contributed by atoms with Crippen LogP contribution in [-0.2, 0) is 4.79 Å². The van der Waals surface area contributed by atoms with Gasteiger partial charge in [-0.15, -0.1) is 0 Å². The van der Waals surface area contributed by atoms with Crippen molar-refractivity contribution in [1.29, 1.82) is 0 Å². The van der Waals surface area contributed by atoms with Crippen molar-refractivity contribution < 1.29 is 14.4 Å². The van der Waals surface area contributed by atoms with Gasteiger partial charge in [0.2, 0.25) is 0 Å². The zero-order valence-corrected chi connectivity index (χ0v) is 17.2. The molecule has 1 atom stereocenters. The lowest BCUT2D eigenvalue weighted by atomic mass is 10.0. The number of nitrogens with zero attached hydrogens (tertiary/aromatic N) is 1. The monoisotopic (exact) mass is 382 g/mol. The first-order valence-electron chi connectivity index (χ1n) is 10.1. The summed E-state index contributed by atoms with van der Waals surface area (Å²) in [5.74, 6) is 0.658. The molecule has 1 heterocycles. The molecule has 0 aromatic heterocycles. The Morgan fingerprint density at radius 1 is 1.14 bits per heavy atom. The van der Waals surface area contributed by atoms with Gasteiger partial charge in [0, 0.05) is 38.2 Å². The molecular weight excluding hydrogens is 350 g/mol. The van der Waals surface area contributed by atoms with Crippen molar-refractivity contribution in [3.63, 3.8) is 0 Å². The van der Waals surface area contributed by atoms with Crippen molar-refractivity contribution in [1.82, 2.24) is 5.32 Å². The van der Waals surface area contributed by atoms with Gasteiger partial charge in [-0.3, -0.25) is 4.79 Å². The number of nitrogens with one attached hydrogen (secondary N) is 2. The zero-order chi connectivity index (χ0) is 19.9. The maximum atomic E-state index is 12.3. The number of benzene rings is 2. The topological polar surface area (TPSA) is 46.0 Å². The molecule has 0 aliphatic carbocycles. The number of anilines is 1. The number of ether oxygens (including phenoxy) is 1. The molecule has 0 unspecified atom stereocenters. The van der Waals surface area contributed by atoms with E-state index < -0.39 is 0 Å². The summed E-state index contributed by atoms with van der Waals surface area (Å²) in [6.07, 6.45) is 2.51. The molecule has 0 saturated carbocycles. The molecule has 1 aliphatic heterocycles. The van der Waals surface area contributed by atoms with Gasteiger partial charge < -0.3 is 19.9 Å². The van der Waals surface area contributed by atoms with Gasteiger partial charge in [0.1, 0.15) is 11.8 Å². The van der Waals surface area contributed by atoms with Crippen LogP contribution in [0.1, 0.15) is 30.0 Å². The highest BCUT2D eigenvalue weighted by Gasteiger charge is 2.27. The summed E-state index contributed by atoms with van der Waals surface area (Å²) in [6.45, 7) is 5.02. The zero-order valence-electron chi connectivity index (χ0n) is 17.2. The molecule has 3 rings (SSSR count). The summed E-state index contributed by atoms with van der Waals surface area (Å²) in [5.41, 5.74) is 3.59. The molecule has 28 heavy (non-hydrogen) atoms. The lowest BCUT2D eigenvalue weighted by Crippen LogP contribution is -3.11. The van der Waals surface area contributed by atoms with Gasteiger partial charge in [-0.2, -0.15) is 0 Å². The van der Waals surface area contributed by atoms with E-state index in [9.17, 15) is 4.79 Å². The smallest absolute Gasteiger partial charge is 0.258 e. The number of quaternary nitrogens is 1. The Bertz CT molecular complexity index is 768. The highest BCUT2D eigenvalue weighted by Crippen LogP contribution is 2.17. The molecule has 2 aromatic rings. The minimum absolute atomic E-state index is 0.0467. The number of aryl methyl sites for hydroxylation is 1. The van der Waals surface area contributed by atoms with Gasteiger partial charge in [-0.1, -0.05) is 24.3 Å². The molecular formula is C23H32N3O2+. The molecule has 5 heteroatoms. The summed E-state index contributed by atoms with van der Waals surface area (Å²) in [6, 6.07) is 16.7. The van der Waals surface area contributed by atoms with E-state index in [1.54, 1.807) is 4.90 Å². The Labute approximate surface area is 168 Å². The highest BCUT2D eigenvalue weighted by atomic mass is 16.5. The number of carbonyl (C=O) groups excluding carboxylic acids is 1. The molecule has 1 saturated heterocycles. The predicted molar refractivity (Wildman–Crippen MR) is 113 cm³/mol. The van der Waals surface area contributed by atoms with E-state index in [2.05, 4.69) is 34.5 Å². The van der Waals surface area contributed by atoms with Crippen molar-refractivity contribution >= 4 is 11.6 Å². The van der Waals surface area contributed by atoms with Crippen LogP contribution in [0.5, 0.6) is 5.75 Å². The Morgan fingerprint density at radius 2 is 1.86 bits per heavy atom. The second-order valence-corrected chi connectivity index (χ2v) is 7.81. The number of hydrogen-bond donors (Lipinski definition) is 2. The van der Waals surface area contributed by atoms with E-state index in [4.69, 9.17) is 4.74 Å². The van der Waals surface area contributed by atoms with Crippen LogP contribution in [-0.4, -0.2) is 46.2 Å². The van der Waals surface area contributed by atoms with E-state index in [0.717, 1.165) is 24.4 Å². The van der Waals surface area contributed by atoms with Crippen molar-refractivity contribution in [2.45, 2.75) is 25.8 Å². The Hall–Kier alpha value is -2.53. The average molecular weight is 383 g/mol. The van der Waals surface area contributed by atoms with Crippen LogP contribution in [0.2, 0.25) is 0 Å². The van der Waals surface area contributed by atoms with Crippen LogP contribution in [0.3, 0.4) is 0 Å². The first-order chi connectivity index (χ1) is 13.5. The molecule has 2 aromatic carbocycles. The number of carbonyl (C=O) groups is 1. The standard InChI is InChI=1S/C23H31N3O2/c1-18-7-6-8-21(15-18)28-17-23(27)24-16-22(26-13-4-5-14-26)19-9-11-20(12-10-19)25(2)3/h6-12,15,22H,4-5,13-14,16-17H2,1-3H3,(H,24,27)/p+1/t22-/m1/s1. The van der Waals surface area contributed by atoms with Gasteiger partial charge in [0.15, 0.2) is 6.61 Å². The van der Waals surface area contributed by atoms with E-state index in [-0.39, 0.29) is 18.6 Å². The third kappa shape index (κ3) is 5.49. The number of rotatable bonds is 8. The highest BCUT2D eigenvalue weighted by molar-refractivity contribution is 5.77. The largest absolute Gasteiger partial charge is 0.484 e. The third-order valence-electron chi connectivity index (χ3n) is 5.41. The molecule has 1 fully saturated rings. The Balaban J connectivity index is 1.59. The van der Waals surface area contributed by atoms with Crippen molar-refractivity contribution in [3.8, 4) is 5.75 Å². The maximum absolute atomic E-state index is 12.3. The summed E-state index contributed by atoms with van der Waals surface area (Å²) in [5, 5.41) is 3.09. The van der Waals surface area contributed by atoms with E-state index in [0.29, 0.717) is 6.54 Å². The Morgan fingerprint density at radius 3 is 2.50 bits per heavy atom. The second-order valence-electron chi connectivity index (χ2n) is 7.81. The lowest BCUT2D eigenvalue weighted by molar-refractivity contribution is -0.918. The fraction of sp³-hybridized carbons (Fsp3) is 0.435. The summed E-state index contributed by atoms with van der Waals surface area (Å²) < 4.78 is 5.63. The van der Waals surface area contributed by atoms with Crippen LogP contribution in [0.4, 0.5) is 5.69 Å². The van der Waals surface area contributed by atoms with Crippen molar-refractivity contribution in [3.05, 3.63) is 59.7 Å². The average Bonchev–Trinajstić information content (AvgIpc) is 3.21. The molecule has 5 nitrogen and oxygen atoms in total. The normalized spacial score (nSPS) is 15.2. The fourth-order valence-electron chi connectivity index (χ4n) is 3.80. The first kappa shape index (κ1) is 20.2. The minimum atomic E-state index is -0.0741. The quantitative estimate of drug-likeness (QED) is 0.734. The summed E-state index contributed by atoms with van der Waals surface area (Å²) >= 11 is 0. The molecule has 0 bridgehead atoms. The van der Waals surface area contributed by atoms with Gasteiger partial charge >= 0.3 is 0 Å². The molecule has 2 N–H and O–H groups in total. The number of likely N-dealkylation sites (tertiary alicyclic amines) is 1.